The smallest absolute Gasteiger partial charge is 0.410 e. The number of Topliss-reactive ketones (excluding diaryl/α,β-unsaturated/α-hetero) is 1. The Morgan fingerprint density at radius 1 is 1.03 bits per heavy atom. The molecule has 1 unspecified atom stereocenters. The zero-order valence-corrected chi connectivity index (χ0v) is 17.9. The van der Waals surface area contributed by atoms with E-state index in [1.165, 1.54) is 5.56 Å². The van der Waals surface area contributed by atoms with E-state index < -0.39 is 0 Å². The lowest BCUT2D eigenvalue weighted by molar-refractivity contribution is -0.131. The fraction of sp³-hybridized carbons (Fsp3) is 0.400. The number of benzene rings is 2. The summed E-state index contributed by atoms with van der Waals surface area (Å²) in [6.07, 6.45) is 2.04. The Kier molecular flexibility index (Phi) is 5.66. The van der Waals surface area contributed by atoms with Crippen molar-refractivity contribution in [3.8, 4) is 5.75 Å². The number of hydrogen-bond acceptors (Lipinski definition) is 6. The molecule has 1 amide bonds. The van der Waals surface area contributed by atoms with Crippen molar-refractivity contribution in [2.24, 2.45) is 0 Å². The molecule has 1 aliphatic carbocycles. The minimum Gasteiger partial charge on any atom is -0.441 e. The van der Waals surface area contributed by atoms with Crippen molar-refractivity contribution < 1.29 is 23.9 Å². The molecule has 7 nitrogen and oxygen atoms in total. The highest BCUT2D eigenvalue weighted by atomic mass is 16.6. The van der Waals surface area contributed by atoms with Gasteiger partial charge in [-0.3, -0.25) is 14.5 Å². The number of rotatable bonds is 5. The highest BCUT2D eigenvalue weighted by molar-refractivity contribution is 5.97. The standard InChI is InChI=1S/C25H26N2O5/c28-21(18-5-6-19-16-24(29)31-23(19)15-18)9-10-26-11-13-27(14-12-26)25(30)32-22-8-7-17-3-1-2-4-20(17)22/h1-6,15,22H,7-14,16H2. The van der Waals surface area contributed by atoms with Crippen LogP contribution in [0.25, 0.3) is 0 Å². The molecule has 2 aliphatic heterocycles. The van der Waals surface area contributed by atoms with E-state index in [9.17, 15) is 14.4 Å². The van der Waals surface area contributed by atoms with Gasteiger partial charge >= 0.3 is 12.1 Å². The Morgan fingerprint density at radius 3 is 2.69 bits per heavy atom. The SMILES string of the molecule is O=C1Cc2ccc(C(=O)CCN3CCN(C(=O)OC4CCc5ccccc54)CC3)cc2O1. The quantitative estimate of drug-likeness (QED) is 0.409. The molecule has 0 aromatic heterocycles. The summed E-state index contributed by atoms with van der Waals surface area (Å²) in [7, 11) is 0. The highest BCUT2D eigenvalue weighted by Gasteiger charge is 2.29. The summed E-state index contributed by atoms with van der Waals surface area (Å²) < 4.78 is 10.9. The van der Waals surface area contributed by atoms with Gasteiger partial charge in [0.2, 0.25) is 0 Å². The van der Waals surface area contributed by atoms with Crippen molar-refractivity contribution in [3.63, 3.8) is 0 Å². The first-order valence-electron chi connectivity index (χ1n) is 11.2. The van der Waals surface area contributed by atoms with Gasteiger partial charge < -0.3 is 14.4 Å². The molecule has 166 valence electrons. The molecule has 3 aliphatic rings. The third-order valence-corrected chi connectivity index (χ3v) is 6.55. The second-order valence-electron chi connectivity index (χ2n) is 8.59. The Labute approximate surface area is 186 Å². The fourth-order valence-electron chi connectivity index (χ4n) is 4.68. The average Bonchev–Trinajstić information content (AvgIpc) is 3.39. The summed E-state index contributed by atoms with van der Waals surface area (Å²) in [6.45, 7) is 3.25. The second-order valence-corrected chi connectivity index (χ2v) is 8.59. The van der Waals surface area contributed by atoms with Crippen LogP contribution < -0.4 is 4.74 Å². The summed E-state index contributed by atoms with van der Waals surface area (Å²) in [6, 6.07) is 13.4. The van der Waals surface area contributed by atoms with Crippen LogP contribution in [0, 0.1) is 0 Å². The maximum Gasteiger partial charge on any atom is 0.410 e. The number of aryl methyl sites for hydroxylation is 1. The Hall–Kier alpha value is -3.19. The van der Waals surface area contributed by atoms with Gasteiger partial charge in [0.1, 0.15) is 11.9 Å². The predicted octanol–water partition coefficient (Wildman–Crippen LogP) is 3.16. The number of carbonyl (C=O) groups excluding carboxylic acids is 3. The van der Waals surface area contributed by atoms with Gasteiger partial charge in [0.15, 0.2) is 5.78 Å². The van der Waals surface area contributed by atoms with Crippen molar-refractivity contribution in [2.75, 3.05) is 32.7 Å². The lowest BCUT2D eigenvalue weighted by atomic mass is 10.0. The first kappa shape index (κ1) is 20.7. The number of fused-ring (bicyclic) bond motifs is 2. The molecule has 1 saturated heterocycles. The molecule has 2 aromatic carbocycles. The van der Waals surface area contributed by atoms with E-state index in [-0.39, 0.29) is 30.4 Å². The zero-order chi connectivity index (χ0) is 22.1. The van der Waals surface area contributed by atoms with Crippen LogP contribution in [0.5, 0.6) is 5.75 Å². The van der Waals surface area contributed by atoms with E-state index in [2.05, 4.69) is 11.0 Å². The molecule has 32 heavy (non-hydrogen) atoms. The normalized spacial score (nSPS) is 19.9. The molecular formula is C25H26N2O5. The average molecular weight is 434 g/mol. The summed E-state index contributed by atoms with van der Waals surface area (Å²) in [4.78, 5) is 40.6. The van der Waals surface area contributed by atoms with Crippen molar-refractivity contribution in [1.29, 1.82) is 0 Å². The molecule has 1 atom stereocenters. The molecule has 7 heteroatoms. The number of piperazine rings is 1. The van der Waals surface area contributed by atoms with Crippen LogP contribution in [0.15, 0.2) is 42.5 Å². The van der Waals surface area contributed by atoms with Crippen LogP contribution in [0.2, 0.25) is 0 Å². The number of ketones is 1. The van der Waals surface area contributed by atoms with Crippen LogP contribution >= 0.6 is 0 Å². The van der Waals surface area contributed by atoms with Crippen molar-refractivity contribution in [3.05, 3.63) is 64.7 Å². The number of esters is 1. The molecule has 0 bridgehead atoms. The molecule has 2 aromatic rings. The number of nitrogens with zero attached hydrogens (tertiary/aromatic N) is 2. The predicted molar refractivity (Wildman–Crippen MR) is 117 cm³/mol. The summed E-state index contributed by atoms with van der Waals surface area (Å²) in [5.74, 6) is 0.244. The van der Waals surface area contributed by atoms with Crippen LogP contribution in [0.3, 0.4) is 0 Å². The maximum absolute atomic E-state index is 12.6. The highest BCUT2D eigenvalue weighted by Crippen LogP contribution is 2.34. The number of amides is 1. The van der Waals surface area contributed by atoms with Gasteiger partial charge in [-0.05, 0) is 30.0 Å². The van der Waals surface area contributed by atoms with Gasteiger partial charge in [0.05, 0.1) is 6.42 Å². The molecular weight excluding hydrogens is 408 g/mol. The minimum atomic E-state index is -0.280. The Balaban J connectivity index is 1.08. The van der Waals surface area contributed by atoms with Gasteiger partial charge in [0, 0.05) is 50.3 Å². The summed E-state index contributed by atoms with van der Waals surface area (Å²) >= 11 is 0. The van der Waals surface area contributed by atoms with E-state index in [0.717, 1.165) is 24.0 Å². The number of carbonyl (C=O) groups is 3. The van der Waals surface area contributed by atoms with E-state index in [1.807, 2.05) is 18.2 Å². The minimum absolute atomic E-state index is 0.0255. The van der Waals surface area contributed by atoms with Gasteiger partial charge in [-0.1, -0.05) is 36.4 Å². The molecule has 0 spiro atoms. The van der Waals surface area contributed by atoms with E-state index in [4.69, 9.17) is 9.47 Å². The third kappa shape index (κ3) is 4.25. The van der Waals surface area contributed by atoms with Gasteiger partial charge in [-0.15, -0.1) is 0 Å². The van der Waals surface area contributed by atoms with Crippen LogP contribution in [-0.2, 0) is 22.4 Å². The molecule has 0 saturated carbocycles. The van der Waals surface area contributed by atoms with E-state index in [0.29, 0.717) is 50.5 Å². The summed E-state index contributed by atoms with van der Waals surface area (Å²) in [5, 5.41) is 0. The van der Waals surface area contributed by atoms with Gasteiger partial charge in [0.25, 0.3) is 0 Å². The van der Waals surface area contributed by atoms with Crippen molar-refractivity contribution in [2.45, 2.75) is 31.8 Å². The van der Waals surface area contributed by atoms with Crippen molar-refractivity contribution >= 4 is 17.8 Å². The van der Waals surface area contributed by atoms with E-state index in [1.54, 1.807) is 23.1 Å². The monoisotopic (exact) mass is 434 g/mol. The van der Waals surface area contributed by atoms with Gasteiger partial charge in [-0.25, -0.2) is 4.79 Å². The topological polar surface area (TPSA) is 76.2 Å². The Bertz CT molecular complexity index is 1060. The molecule has 0 N–H and O–H groups in total. The van der Waals surface area contributed by atoms with E-state index >= 15 is 0 Å². The van der Waals surface area contributed by atoms with Crippen LogP contribution in [0.4, 0.5) is 4.79 Å². The lowest BCUT2D eigenvalue weighted by Crippen LogP contribution is -2.49. The van der Waals surface area contributed by atoms with Crippen molar-refractivity contribution in [1.82, 2.24) is 9.80 Å². The number of ether oxygens (including phenoxy) is 2. The number of hydrogen-bond donors (Lipinski definition) is 0. The maximum atomic E-state index is 12.6. The lowest BCUT2D eigenvalue weighted by Gasteiger charge is -2.34. The molecule has 5 rings (SSSR count). The fourth-order valence-corrected chi connectivity index (χ4v) is 4.68. The third-order valence-electron chi connectivity index (χ3n) is 6.55. The largest absolute Gasteiger partial charge is 0.441 e. The Morgan fingerprint density at radius 2 is 1.84 bits per heavy atom. The van der Waals surface area contributed by atoms with Gasteiger partial charge in [-0.2, -0.15) is 0 Å². The zero-order valence-electron chi connectivity index (χ0n) is 17.9. The first-order chi connectivity index (χ1) is 15.6. The summed E-state index contributed by atoms with van der Waals surface area (Å²) in [5.41, 5.74) is 3.79. The second kappa shape index (κ2) is 8.74. The van der Waals surface area contributed by atoms with Crippen LogP contribution in [-0.4, -0.2) is 60.4 Å². The first-order valence-corrected chi connectivity index (χ1v) is 11.2. The molecule has 1 fully saturated rings. The van der Waals surface area contributed by atoms with Crippen LogP contribution in [0.1, 0.15) is 46.0 Å². The molecule has 0 radical (unpaired) electrons. The molecule has 2 heterocycles.